The molecule has 3 rings (SSSR count). The van der Waals surface area contributed by atoms with Crippen molar-refractivity contribution in [3.8, 4) is 0 Å². The number of hydrogen-bond donors (Lipinski definition) is 1. The first-order valence-corrected chi connectivity index (χ1v) is 7.62. The van der Waals surface area contributed by atoms with Crippen LogP contribution in [-0.4, -0.2) is 46.3 Å². The molecule has 19 heavy (non-hydrogen) atoms. The maximum Gasteiger partial charge on any atom is 0.109 e. The zero-order chi connectivity index (χ0) is 13.2. The monoisotopic (exact) mass is 263 g/mol. The minimum atomic E-state index is 0.254. The second-order valence-electron chi connectivity index (χ2n) is 6.22. The molecule has 1 aromatic rings. The summed E-state index contributed by atoms with van der Waals surface area (Å²) in [5, 5.41) is 9.57. The molecule has 1 unspecified atom stereocenters. The van der Waals surface area contributed by atoms with E-state index in [0.29, 0.717) is 0 Å². The van der Waals surface area contributed by atoms with E-state index in [0.717, 1.165) is 25.2 Å². The molecule has 2 aliphatic heterocycles. The maximum atomic E-state index is 9.57. The Bertz CT molecular complexity index is 421. The highest BCUT2D eigenvalue weighted by atomic mass is 16.3. The van der Waals surface area contributed by atoms with Gasteiger partial charge < -0.3 is 14.6 Å². The van der Waals surface area contributed by atoms with Gasteiger partial charge in [0, 0.05) is 18.3 Å². The Morgan fingerprint density at radius 1 is 1.32 bits per heavy atom. The average molecular weight is 263 g/mol. The number of likely N-dealkylation sites (tertiary alicyclic amines) is 1. The molecule has 1 atom stereocenters. The lowest BCUT2D eigenvalue weighted by atomic mass is 9.93. The first-order valence-electron chi connectivity index (χ1n) is 7.62. The number of aliphatic hydroxyl groups is 1. The van der Waals surface area contributed by atoms with Crippen LogP contribution in [-0.2, 0) is 12.8 Å². The predicted octanol–water partition coefficient (Wildman–Crippen LogP) is 1.64. The number of aromatic nitrogens is 2. The van der Waals surface area contributed by atoms with E-state index >= 15 is 0 Å². The Morgan fingerprint density at radius 2 is 2.11 bits per heavy atom. The van der Waals surface area contributed by atoms with Crippen LogP contribution in [0.2, 0.25) is 0 Å². The molecule has 1 saturated heterocycles. The molecule has 1 N–H and O–H groups in total. The van der Waals surface area contributed by atoms with Crippen LogP contribution in [0.4, 0.5) is 0 Å². The van der Waals surface area contributed by atoms with Gasteiger partial charge in [-0.3, -0.25) is 0 Å². The van der Waals surface area contributed by atoms with Crippen LogP contribution in [0, 0.1) is 5.92 Å². The molecule has 0 radical (unpaired) electrons. The summed E-state index contributed by atoms with van der Waals surface area (Å²) in [4.78, 5) is 7.06. The van der Waals surface area contributed by atoms with E-state index in [9.17, 15) is 5.11 Å². The molecule has 0 bridgehead atoms. The third-order valence-electron chi connectivity index (χ3n) is 4.81. The minimum absolute atomic E-state index is 0.254. The highest BCUT2D eigenvalue weighted by Gasteiger charge is 2.25. The van der Waals surface area contributed by atoms with Gasteiger partial charge in [0.25, 0.3) is 0 Å². The van der Waals surface area contributed by atoms with E-state index in [1.54, 1.807) is 0 Å². The molecular formula is C15H25N3O. The zero-order valence-corrected chi connectivity index (χ0v) is 11.9. The first kappa shape index (κ1) is 13.1. The SMILES string of the molecule is CN1CCC(Cc2ncc3n2C(CO)CCC3)CC1. The van der Waals surface area contributed by atoms with Crippen LogP contribution >= 0.6 is 0 Å². The van der Waals surface area contributed by atoms with E-state index in [-0.39, 0.29) is 12.6 Å². The standard InChI is InChI=1S/C15H25N3O/c1-17-7-5-12(6-8-17)9-15-16-10-13-3-2-4-14(11-19)18(13)15/h10,12,14,19H,2-9,11H2,1H3. The van der Waals surface area contributed by atoms with E-state index in [2.05, 4.69) is 21.5 Å². The second kappa shape index (κ2) is 5.63. The molecule has 106 valence electrons. The molecule has 0 spiro atoms. The average Bonchev–Trinajstić information content (AvgIpc) is 2.85. The number of fused-ring (bicyclic) bond motifs is 1. The van der Waals surface area contributed by atoms with E-state index < -0.39 is 0 Å². The Morgan fingerprint density at radius 3 is 2.84 bits per heavy atom. The Kier molecular flexibility index (Phi) is 3.89. The van der Waals surface area contributed by atoms with Gasteiger partial charge in [-0.05, 0) is 58.2 Å². The van der Waals surface area contributed by atoms with Gasteiger partial charge in [-0.1, -0.05) is 0 Å². The summed E-state index contributed by atoms with van der Waals surface area (Å²) in [6, 6.07) is 0.271. The van der Waals surface area contributed by atoms with Crippen LogP contribution in [0.5, 0.6) is 0 Å². The van der Waals surface area contributed by atoms with Gasteiger partial charge >= 0.3 is 0 Å². The fourth-order valence-corrected chi connectivity index (χ4v) is 3.57. The van der Waals surface area contributed by atoms with Crippen molar-refractivity contribution in [1.29, 1.82) is 0 Å². The van der Waals surface area contributed by atoms with Gasteiger partial charge in [-0.2, -0.15) is 0 Å². The summed E-state index contributed by atoms with van der Waals surface area (Å²) in [6.07, 6.45) is 9.09. The van der Waals surface area contributed by atoms with Crippen LogP contribution in [0.1, 0.15) is 43.2 Å². The van der Waals surface area contributed by atoms with Crippen molar-refractivity contribution in [2.24, 2.45) is 5.92 Å². The zero-order valence-electron chi connectivity index (χ0n) is 11.9. The normalized spacial score (nSPS) is 25.5. The number of imidazole rings is 1. The van der Waals surface area contributed by atoms with Crippen LogP contribution < -0.4 is 0 Å². The summed E-state index contributed by atoms with van der Waals surface area (Å²) in [5.41, 5.74) is 1.33. The van der Waals surface area contributed by atoms with Crippen molar-refractivity contribution < 1.29 is 5.11 Å². The summed E-state index contributed by atoms with van der Waals surface area (Å²) < 4.78 is 2.34. The molecular weight excluding hydrogens is 238 g/mol. The topological polar surface area (TPSA) is 41.3 Å². The van der Waals surface area contributed by atoms with Crippen LogP contribution in [0.25, 0.3) is 0 Å². The summed E-state index contributed by atoms with van der Waals surface area (Å²) in [5.74, 6) is 1.98. The molecule has 4 nitrogen and oxygen atoms in total. The number of hydrogen-bond acceptors (Lipinski definition) is 3. The van der Waals surface area contributed by atoms with Crippen molar-refractivity contribution >= 4 is 0 Å². The van der Waals surface area contributed by atoms with Gasteiger partial charge in [-0.25, -0.2) is 4.98 Å². The summed E-state index contributed by atoms with van der Waals surface area (Å²) in [7, 11) is 2.20. The van der Waals surface area contributed by atoms with Crippen molar-refractivity contribution in [1.82, 2.24) is 14.5 Å². The van der Waals surface area contributed by atoms with Crippen molar-refractivity contribution in [2.45, 2.75) is 44.6 Å². The molecule has 0 amide bonds. The quantitative estimate of drug-likeness (QED) is 0.901. The molecule has 0 aromatic carbocycles. The van der Waals surface area contributed by atoms with E-state index in [1.165, 1.54) is 43.9 Å². The van der Waals surface area contributed by atoms with E-state index in [1.807, 2.05) is 6.20 Å². The molecule has 4 heteroatoms. The third kappa shape index (κ3) is 2.70. The summed E-state index contributed by atoms with van der Waals surface area (Å²) >= 11 is 0. The van der Waals surface area contributed by atoms with Crippen LogP contribution in [0.3, 0.4) is 0 Å². The molecule has 3 heterocycles. The maximum absolute atomic E-state index is 9.57. The number of aryl methyl sites for hydroxylation is 1. The lowest BCUT2D eigenvalue weighted by Gasteiger charge is -2.30. The Balaban J connectivity index is 1.73. The Labute approximate surface area is 115 Å². The second-order valence-corrected chi connectivity index (χ2v) is 6.22. The molecule has 0 saturated carbocycles. The number of rotatable bonds is 3. The molecule has 2 aliphatic rings. The molecule has 1 aromatic heterocycles. The van der Waals surface area contributed by atoms with Gasteiger partial charge in [0.15, 0.2) is 0 Å². The first-order chi connectivity index (χ1) is 9.28. The number of piperidine rings is 1. The van der Waals surface area contributed by atoms with Crippen molar-refractivity contribution in [2.75, 3.05) is 26.7 Å². The lowest BCUT2D eigenvalue weighted by molar-refractivity contribution is 0.195. The van der Waals surface area contributed by atoms with Crippen molar-refractivity contribution in [3.63, 3.8) is 0 Å². The fourth-order valence-electron chi connectivity index (χ4n) is 3.57. The van der Waals surface area contributed by atoms with E-state index in [4.69, 9.17) is 0 Å². The minimum Gasteiger partial charge on any atom is -0.394 e. The highest BCUT2D eigenvalue weighted by Crippen LogP contribution is 2.29. The van der Waals surface area contributed by atoms with Gasteiger partial charge in [0.1, 0.15) is 5.82 Å². The third-order valence-corrected chi connectivity index (χ3v) is 4.81. The molecule has 1 fully saturated rings. The molecule has 0 aliphatic carbocycles. The van der Waals surface area contributed by atoms with Gasteiger partial charge in [-0.15, -0.1) is 0 Å². The number of nitrogens with zero attached hydrogens (tertiary/aromatic N) is 3. The lowest BCUT2D eigenvalue weighted by Crippen LogP contribution is -2.32. The van der Waals surface area contributed by atoms with Gasteiger partial charge in [0.05, 0.1) is 12.6 Å². The predicted molar refractivity (Wildman–Crippen MR) is 75.2 cm³/mol. The summed E-state index contributed by atoms with van der Waals surface area (Å²) in [6.45, 7) is 2.67. The fraction of sp³-hybridized carbons (Fsp3) is 0.800. The number of aliphatic hydroxyl groups excluding tert-OH is 1. The van der Waals surface area contributed by atoms with Crippen molar-refractivity contribution in [3.05, 3.63) is 17.7 Å². The smallest absolute Gasteiger partial charge is 0.109 e. The van der Waals surface area contributed by atoms with Gasteiger partial charge in [0.2, 0.25) is 0 Å². The largest absolute Gasteiger partial charge is 0.394 e. The highest BCUT2D eigenvalue weighted by molar-refractivity contribution is 5.11. The van der Waals surface area contributed by atoms with Crippen LogP contribution in [0.15, 0.2) is 6.20 Å². The Hall–Kier alpha value is -0.870.